The summed E-state index contributed by atoms with van der Waals surface area (Å²) in [5.41, 5.74) is 6.89. The van der Waals surface area contributed by atoms with Crippen molar-refractivity contribution in [3.63, 3.8) is 0 Å². The molecule has 1 fully saturated rings. The molecule has 2 rings (SSSR count). The van der Waals surface area contributed by atoms with Crippen LogP contribution >= 0.6 is 0 Å². The lowest BCUT2D eigenvalue weighted by atomic mass is 10.2. The standard InChI is InChI=1S/C16H30N4/c1-3-14(2)20-12-9-15(18-20)13-19(11-6-10-17)16-7-4-5-8-16/h9,12,14,16H,3-8,10-11,13,17H2,1-2H3. The van der Waals surface area contributed by atoms with Crippen LogP contribution in [0.3, 0.4) is 0 Å². The van der Waals surface area contributed by atoms with Crippen molar-refractivity contribution in [2.24, 2.45) is 5.73 Å². The molecule has 0 radical (unpaired) electrons. The lowest BCUT2D eigenvalue weighted by molar-refractivity contribution is 0.185. The number of hydrogen-bond acceptors (Lipinski definition) is 3. The molecule has 1 aromatic rings. The molecule has 1 aromatic heterocycles. The van der Waals surface area contributed by atoms with E-state index in [-0.39, 0.29) is 0 Å². The molecule has 4 heteroatoms. The van der Waals surface area contributed by atoms with Gasteiger partial charge in [-0.25, -0.2) is 0 Å². The highest BCUT2D eigenvalue weighted by Crippen LogP contribution is 2.25. The van der Waals surface area contributed by atoms with Crippen molar-refractivity contribution in [3.05, 3.63) is 18.0 Å². The van der Waals surface area contributed by atoms with Crippen LogP contribution in [-0.2, 0) is 6.54 Å². The van der Waals surface area contributed by atoms with Gasteiger partial charge in [-0.2, -0.15) is 5.10 Å². The number of rotatable bonds is 8. The monoisotopic (exact) mass is 278 g/mol. The van der Waals surface area contributed by atoms with Crippen molar-refractivity contribution >= 4 is 0 Å². The molecule has 4 nitrogen and oxygen atoms in total. The van der Waals surface area contributed by atoms with Gasteiger partial charge in [0.15, 0.2) is 0 Å². The van der Waals surface area contributed by atoms with E-state index in [1.54, 1.807) is 0 Å². The van der Waals surface area contributed by atoms with Gasteiger partial charge in [0.1, 0.15) is 0 Å². The van der Waals surface area contributed by atoms with Crippen molar-refractivity contribution < 1.29 is 0 Å². The van der Waals surface area contributed by atoms with Crippen LogP contribution in [0.5, 0.6) is 0 Å². The molecule has 0 aliphatic heterocycles. The van der Waals surface area contributed by atoms with Crippen molar-refractivity contribution in [1.29, 1.82) is 0 Å². The van der Waals surface area contributed by atoms with E-state index >= 15 is 0 Å². The maximum absolute atomic E-state index is 5.68. The Morgan fingerprint density at radius 2 is 2.20 bits per heavy atom. The zero-order valence-electron chi connectivity index (χ0n) is 13.1. The zero-order valence-corrected chi connectivity index (χ0v) is 13.1. The fourth-order valence-corrected chi connectivity index (χ4v) is 3.06. The Bertz CT molecular complexity index is 382. The lowest BCUT2D eigenvalue weighted by Gasteiger charge is -2.28. The first-order valence-corrected chi connectivity index (χ1v) is 8.22. The quantitative estimate of drug-likeness (QED) is 0.795. The topological polar surface area (TPSA) is 47.1 Å². The van der Waals surface area contributed by atoms with Crippen molar-refractivity contribution in [2.75, 3.05) is 13.1 Å². The fourth-order valence-electron chi connectivity index (χ4n) is 3.06. The third-order valence-corrected chi connectivity index (χ3v) is 4.56. The normalized spacial score (nSPS) is 18.0. The predicted molar refractivity (Wildman–Crippen MR) is 83.6 cm³/mol. The summed E-state index contributed by atoms with van der Waals surface area (Å²) in [6.45, 7) is 7.30. The van der Waals surface area contributed by atoms with Crippen LogP contribution in [0.4, 0.5) is 0 Å². The van der Waals surface area contributed by atoms with Crippen LogP contribution in [0.1, 0.15) is 64.1 Å². The number of nitrogens with zero attached hydrogens (tertiary/aromatic N) is 3. The van der Waals surface area contributed by atoms with E-state index in [1.165, 1.54) is 31.4 Å². The molecule has 0 saturated heterocycles. The van der Waals surface area contributed by atoms with Gasteiger partial charge >= 0.3 is 0 Å². The number of hydrogen-bond donors (Lipinski definition) is 1. The van der Waals surface area contributed by atoms with E-state index in [2.05, 4.69) is 35.7 Å². The van der Waals surface area contributed by atoms with Crippen LogP contribution in [-0.4, -0.2) is 33.8 Å². The summed E-state index contributed by atoms with van der Waals surface area (Å²) in [4.78, 5) is 2.60. The second-order valence-corrected chi connectivity index (χ2v) is 6.10. The molecular weight excluding hydrogens is 248 g/mol. The van der Waals surface area contributed by atoms with Crippen molar-refractivity contribution in [1.82, 2.24) is 14.7 Å². The molecule has 0 bridgehead atoms. The van der Waals surface area contributed by atoms with Gasteiger partial charge in [-0.1, -0.05) is 19.8 Å². The second kappa shape index (κ2) is 7.79. The van der Waals surface area contributed by atoms with Crippen LogP contribution < -0.4 is 5.73 Å². The third kappa shape index (κ3) is 4.06. The molecule has 1 heterocycles. The Morgan fingerprint density at radius 1 is 1.45 bits per heavy atom. The molecule has 0 aromatic carbocycles. The van der Waals surface area contributed by atoms with Crippen LogP contribution in [0, 0.1) is 0 Å². The maximum Gasteiger partial charge on any atom is 0.0764 e. The molecule has 1 aliphatic rings. The second-order valence-electron chi connectivity index (χ2n) is 6.10. The van der Waals surface area contributed by atoms with Gasteiger partial charge in [0.2, 0.25) is 0 Å². The molecular formula is C16H30N4. The molecule has 2 N–H and O–H groups in total. The van der Waals surface area contributed by atoms with Crippen LogP contribution in [0.2, 0.25) is 0 Å². The Labute approximate surface area is 123 Å². The maximum atomic E-state index is 5.68. The average Bonchev–Trinajstić information content (AvgIpc) is 3.13. The van der Waals surface area contributed by atoms with Gasteiger partial charge in [-0.15, -0.1) is 0 Å². The Hall–Kier alpha value is -0.870. The molecule has 1 atom stereocenters. The van der Waals surface area contributed by atoms with Crippen LogP contribution in [0.25, 0.3) is 0 Å². The minimum Gasteiger partial charge on any atom is -0.330 e. The van der Waals surface area contributed by atoms with Crippen molar-refractivity contribution in [3.8, 4) is 0 Å². The van der Waals surface area contributed by atoms with E-state index in [9.17, 15) is 0 Å². The van der Waals surface area contributed by atoms with Gasteiger partial charge in [0, 0.05) is 31.4 Å². The summed E-state index contributed by atoms with van der Waals surface area (Å²) >= 11 is 0. The van der Waals surface area contributed by atoms with E-state index < -0.39 is 0 Å². The Kier molecular flexibility index (Phi) is 6.05. The molecule has 0 spiro atoms. The molecule has 114 valence electrons. The van der Waals surface area contributed by atoms with Crippen LogP contribution in [0.15, 0.2) is 12.3 Å². The van der Waals surface area contributed by atoms with Gasteiger partial charge in [-0.3, -0.25) is 9.58 Å². The summed E-state index contributed by atoms with van der Waals surface area (Å²) < 4.78 is 2.10. The van der Waals surface area contributed by atoms with E-state index in [0.29, 0.717) is 6.04 Å². The van der Waals surface area contributed by atoms with Crippen molar-refractivity contribution in [2.45, 2.75) is 71.0 Å². The van der Waals surface area contributed by atoms with E-state index in [0.717, 1.165) is 38.5 Å². The summed E-state index contributed by atoms with van der Waals surface area (Å²) in [5.74, 6) is 0. The molecule has 0 amide bonds. The molecule has 1 saturated carbocycles. The Morgan fingerprint density at radius 3 is 2.85 bits per heavy atom. The molecule has 20 heavy (non-hydrogen) atoms. The van der Waals surface area contributed by atoms with Gasteiger partial charge in [0.05, 0.1) is 5.69 Å². The minimum atomic E-state index is 0.493. The average molecular weight is 278 g/mol. The van der Waals surface area contributed by atoms with E-state index in [4.69, 9.17) is 10.8 Å². The molecule has 1 aliphatic carbocycles. The van der Waals surface area contributed by atoms with Gasteiger partial charge < -0.3 is 5.73 Å². The Balaban J connectivity index is 1.97. The summed E-state index contributed by atoms with van der Waals surface area (Å²) in [6.07, 6.45) is 9.78. The lowest BCUT2D eigenvalue weighted by Crippen LogP contribution is -2.34. The summed E-state index contributed by atoms with van der Waals surface area (Å²) in [5, 5.41) is 4.74. The number of aromatic nitrogens is 2. The zero-order chi connectivity index (χ0) is 14.4. The third-order valence-electron chi connectivity index (χ3n) is 4.56. The summed E-state index contributed by atoms with van der Waals surface area (Å²) in [7, 11) is 0. The SMILES string of the molecule is CCC(C)n1ccc(CN(CCCN)C2CCCC2)n1. The highest BCUT2D eigenvalue weighted by molar-refractivity contribution is 5.00. The minimum absolute atomic E-state index is 0.493. The van der Waals surface area contributed by atoms with E-state index in [1.807, 2.05) is 0 Å². The largest absolute Gasteiger partial charge is 0.330 e. The highest BCUT2D eigenvalue weighted by atomic mass is 15.3. The smallest absolute Gasteiger partial charge is 0.0764 e. The first-order valence-electron chi connectivity index (χ1n) is 8.22. The first kappa shape index (κ1) is 15.5. The molecule has 1 unspecified atom stereocenters. The number of nitrogens with two attached hydrogens (primary N) is 1. The predicted octanol–water partition coefficient (Wildman–Crippen LogP) is 2.95. The summed E-state index contributed by atoms with van der Waals surface area (Å²) in [6, 6.07) is 3.42. The first-order chi connectivity index (χ1) is 9.74. The van der Waals surface area contributed by atoms with Gasteiger partial charge in [-0.05, 0) is 45.2 Å². The highest BCUT2D eigenvalue weighted by Gasteiger charge is 2.22. The van der Waals surface area contributed by atoms with Gasteiger partial charge in [0.25, 0.3) is 0 Å². The fraction of sp³-hybridized carbons (Fsp3) is 0.812.